The summed E-state index contributed by atoms with van der Waals surface area (Å²) < 4.78 is 11.1. The van der Waals surface area contributed by atoms with Crippen LogP contribution in [0.15, 0.2) is 18.2 Å². The van der Waals surface area contributed by atoms with Gasteiger partial charge in [0, 0.05) is 12.1 Å². The van der Waals surface area contributed by atoms with Crippen LogP contribution in [0.2, 0.25) is 0 Å². The van der Waals surface area contributed by atoms with E-state index in [9.17, 15) is 0 Å². The molecular weight excluding hydrogens is 258 g/mol. The summed E-state index contributed by atoms with van der Waals surface area (Å²) in [5.41, 5.74) is 7.20. The second-order valence-electron chi connectivity index (χ2n) is 4.54. The van der Waals surface area contributed by atoms with Crippen LogP contribution in [0.25, 0.3) is 0 Å². The van der Waals surface area contributed by atoms with Crippen LogP contribution in [-0.2, 0) is 6.42 Å². The fourth-order valence-corrected chi connectivity index (χ4v) is 2.18. The molecule has 1 aromatic rings. The number of hydrogen-bond donors (Lipinski definition) is 1. The van der Waals surface area contributed by atoms with E-state index in [0.717, 1.165) is 43.1 Å². The van der Waals surface area contributed by atoms with Gasteiger partial charge in [-0.3, -0.25) is 0 Å². The van der Waals surface area contributed by atoms with Gasteiger partial charge in [0.05, 0.1) is 13.7 Å². The van der Waals surface area contributed by atoms with Crippen LogP contribution >= 0.6 is 11.8 Å². The van der Waals surface area contributed by atoms with Crippen molar-refractivity contribution in [2.75, 3.05) is 25.7 Å². The summed E-state index contributed by atoms with van der Waals surface area (Å²) in [7, 11) is 1.67. The molecule has 108 valence electrons. The quantitative estimate of drug-likeness (QED) is 0.707. The van der Waals surface area contributed by atoms with Gasteiger partial charge in [0.15, 0.2) is 0 Å². The van der Waals surface area contributed by atoms with Gasteiger partial charge in [-0.05, 0) is 42.9 Å². The molecule has 1 aromatic carbocycles. The van der Waals surface area contributed by atoms with Crippen LogP contribution in [0.4, 0.5) is 0 Å². The third-order valence-electron chi connectivity index (χ3n) is 3.03. The number of thioether (sulfide) groups is 1. The minimum Gasteiger partial charge on any atom is -0.497 e. The lowest BCUT2D eigenvalue weighted by Crippen LogP contribution is -2.21. The molecule has 1 rings (SSSR count). The van der Waals surface area contributed by atoms with Gasteiger partial charge in [-0.25, -0.2) is 0 Å². The molecule has 0 saturated carbocycles. The zero-order valence-corrected chi connectivity index (χ0v) is 13.0. The van der Waals surface area contributed by atoms with E-state index in [1.807, 2.05) is 23.9 Å². The van der Waals surface area contributed by atoms with E-state index in [1.54, 1.807) is 7.11 Å². The van der Waals surface area contributed by atoms with Gasteiger partial charge in [-0.15, -0.1) is 0 Å². The van der Waals surface area contributed by atoms with Crippen LogP contribution in [0, 0.1) is 0 Å². The Balaban J connectivity index is 2.71. The van der Waals surface area contributed by atoms with Gasteiger partial charge in [0.2, 0.25) is 0 Å². The summed E-state index contributed by atoms with van der Waals surface area (Å²) in [5.74, 6) is 2.85. The first-order chi connectivity index (χ1) is 9.21. The predicted octanol–water partition coefficient (Wildman–Crippen LogP) is 3.11. The Labute approximate surface area is 120 Å². The Morgan fingerprint density at radius 1 is 1.37 bits per heavy atom. The number of ether oxygens (including phenoxy) is 2. The molecule has 0 spiro atoms. The average Bonchev–Trinajstić information content (AvgIpc) is 2.44. The lowest BCUT2D eigenvalue weighted by molar-refractivity contribution is 0.311. The van der Waals surface area contributed by atoms with Crippen LogP contribution in [0.5, 0.6) is 11.5 Å². The van der Waals surface area contributed by atoms with Gasteiger partial charge < -0.3 is 15.2 Å². The van der Waals surface area contributed by atoms with E-state index < -0.39 is 0 Å². The molecule has 0 aliphatic heterocycles. The normalized spacial score (nSPS) is 12.2. The lowest BCUT2D eigenvalue weighted by Gasteiger charge is -2.15. The fourth-order valence-electron chi connectivity index (χ4n) is 1.78. The minimum absolute atomic E-state index is 0.182. The molecule has 1 atom stereocenters. The van der Waals surface area contributed by atoms with E-state index >= 15 is 0 Å². The van der Waals surface area contributed by atoms with Gasteiger partial charge in [-0.2, -0.15) is 11.8 Å². The number of rotatable bonds is 9. The Morgan fingerprint density at radius 2 is 2.16 bits per heavy atom. The molecule has 0 aliphatic rings. The standard InChI is InChI=1S/C15H25NO2S/c1-4-13(16)10-12-6-7-14(17-2)11-15(12)18-8-5-9-19-3/h6-7,11,13H,4-5,8-10,16H2,1-3H3. The summed E-state index contributed by atoms with van der Waals surface area (Å²) in [6.45, 7) is 2.84. The van der Waals surface area contributed by atoms with Crippen LogP contribution < -0.4 is 15.2 Å². The van der Waals surface area contributed by atoms with E-state index in [4.69, 9.17) is 15.2 Å². The first-order valence-electron chi connectivity index (χ1n) is 6.75. The highest BCUT2D eigenvalue weighted by Crippen LogP contribution is 2.26. The summed E-state index contributed by atoms with van der Waals surface area (Å²) in [6, 6.07) is 6.16. The van der Waals surface area contributed by atoms with Gasteiger partial charge in [0.25, 0.3) is 0 Å². The first-order valence-corrected chi connectivity index (χ1v) is 8.14. The number of benzene rings is 1. The molecule has 3 nitrogen and oxygen atoms in total. The highest BCUT2D eigenvalue weighted by Gasteiger charge is 2.09. The van der Waals surface area contributed by atoms with Crippen molar-refractivity contribution in [3.63, 3.8) is 0 Å². The molecule has 0 bridgehead atoms. The van der Waals surface area contributed by atoms with Crippen molar-refractivity contribution in [1.82, 2.24) is 0 Å². The maximum atomic E-state index is 6.03. The first kappa shape index (κ1) is 16.2. The van der Waals surface area contributed by atoms with Gasteiger partial charge >= 0.3 is 0 Å². The largest absolute Gasteiger partial charge is 0.497 e. The molecule has 0 aliphatic carbocycles. The molecular formula is C15H25NO2S. The monoisotopic (exact) mass is 283 g/mol. The fraction of sp³-hybridized carbons (Fsp3) is 0.600. The third-order valence-corrected chi connectivity index (χ3v) is 3.73. The van der Waals surface area contributed by atoms with E-state index in [2.05, 4.69) is 19.2 Å². The summed E-state index contributed by atoms with van der Waals surface area (Å²) in [5, 5.41) is 0. The number of hydrogen-bond acceptors (Lipinski definition) is 4. The van der Waals surface area contributed by atoms with Crippen LogP contribution in [0.3, 0.4) is 0 Å². The topological polar surface area (TPSA) is 44.5 Å². The third kappa shape index (κ3) is 5.74. The molecule has 0 heterocycles. The van der Waals surface area contributed by atoms with Gasteiger partial charge in [-0.1, -0.05) is 13.0 Å². The average molecular weight is 283 g/mol. The highest BCUT2D eigenvalue weighted by molar-refractivity contribution is 7.98. The van der Waals surface area contributed by atoms with E-state index in [0.29, 0.717) is 0 Å². The summed E-state index contributed by atoms with van der Waals surface area (Å²) >= 11 is 1.84. The molecule has 0 saturated heterocycles. The van der Waals surface area contributed by atoms with E-state index in [1.165, 1.54) is 5.56 Å². The predicted molar refractivity (Wildman–Crippen MR) is 83.5 cm³/mol. The summed E-state index contributed by atoms with van der Waals surface area (Å²) in [4.78, 5) is 0. The van der Waals surface area contributed by atoms with Crippen molar-refractivity contribution in [3.05, 3.63) is 23.8 Å². The molecule has 1 unspecified atom stereocenters. The second-order valence-corrected chi connectivity index (χ2v) is 5.53. The Morgan fingerprint density at radius 3 is 2.79 bits per heavy atom. The van der Waals surface area contributed by atoms with Gasteiger partial charge in [0.1, 0.15) is 11.5 Å². The van der Waals surface area contributed by atoms with E-state index in [-0.39, 0.29) is 6.04 Å². The zero-order valence-electron chi connectivity index (χ0n) is 12.1. The molecule has 0 aromatic heterocycles. The van der Waals surface area contributed by atoms with Crippen molar-refractivity contribution >= 4 is 11.8 Å². The van der Waals surface area contributed by atoms with Crippen LogP contribution in [-0.4, -0.2) is 31.8 Å². The smallest absolute Gasteiger partial charge is 0.126 e. The highest BCUT2D eigenvalue weighted by atomic mass is 32.2. The molecule has 19 heavy (non-hydrogen) atoms. The van der Waals surface area contributed by atoms with Crippen molar-refractivity contribution in [2.45, 2.75) is 32.2 Å². The number of methoxy groups -OCH3 is 1. The SMILES string of the molecule is CCC(N)Cc1ccc(OC)cc1OCCCSC. The Bertz CT molecular complexity index is 371. The molecule has 4 heteroatoms. The second kappa shape index (κ2) is 9.10. The molecule has 0 radical (unpaired) electrons. The summed E-state index contributed by atoms with van der Waals surface area (Å²) in [6.07, 6.45) is 4.98. The van der Waals surface area contributed by atoms with Crippen molar-refractivity contribution in [2.24, 2.45) is 5.73 Å². The lowest BCUT2D eigenvalue weighted by atomic mass is 10.0. The van der Waals surface area contributed by atoms with Crippen molar-refractivity contribution in [3.8, 4) is 11.5 Å². The Kier molecular flexibility index (Phi) is 7.75. The van der Waals surface area contributed by atoms with Crippen LogP contribution in [0.1, 0.15) is 25.3 Å². The minimum atomic E-state index is 0.182. The maximum Gasteiger partial charge on any atom is 0.126 e. The molecule has 2 N–H and O–H groups in total. The zero-order chi connectivity index (χ0) is 14.1. The number of nitrogens with two attached hydrogens (primary N) is 1. The van der Waals surface area contributed by atoms with Crippen molar-refractivity contribution < 1.29 is 9.47 Å². The van der Waals surface area contributed by atoms with Crippen molar-refractivity contribution in [1.29, 1.82) is 0 Å². The molecule has 0 amide bonds. The Hall–Kier alpha value is -0.870. The molecule has 0 fully saturated rings. The maximum absolute atomic E-state index is 6.03.